The minimum absolute atomic E-state index is 0.0231. The van der Waals surface area contributed by atoms with Gasteiger partial charge in [0.25, 0.3) is 0 Å². The molecule has 6 rings (SSSR count). The lowest BCUT2D eigenvalue weighted by molar-refractivity contribution is -0.274. The molecule has 32 heavy (non-hydrogen) atoms. The van der Waals surface area contributed by atoms with Gasteiger partial charge in [0, 0.05) is 6.54 Å². The van der Waals surface area contributed by atoms with Crippen molar-refractivity contribution in [2.45, 2.75) is 44.2 Å². The first-order chi connectivity index (χ1) is 15.3. The number of hydrogen-bond donors (Lipinski definition) is 1. The van der Waals surface area contributed by atoms with Gasteiger partial charge in [0.1, 0.15) is 11.9 Å². The van der Waals surface area contributed by atoms with Crippen molar-refractivity contribution in [3.8, 4) is 16.9 Å². The highest BCUT2D eigenvalue weighted by Crippen LogP contribution is 2.35. The van der Waals surface area contributed by atoms with Gasteiger partial charge in [-0.2, -0.15) is 0 Å². The Kier molecular flexibility index (Phi) is 5.49. The predicted molar refractivity (Wildman–Crippen MR) is 112 cm³/mol. The van der Waals surface area contributed by atoms with E-state index in [2.05, 4.69) is 15.0 Å². The Labute approximate surface area is 184 Å². The SMILES string of the molecule is O=C(NC1CCc2cc(-c3ccc(OC(F)(F)F)cc3)ccc21)O[C@@H]1CN2CCC1CC2. The van der Waals surface area contributed by atoms with Gasteiger partial charge in [0.05, 0.1) is 6.04 Å². The number of nitrogens with zero attached hydrogens (tertiary/aromatic N) is 1. The van der Waals surface area contributed by atoms with E-state index in [4.69, 9.17) is 4.74 Å². The molecular formula is C24H25F3N2O3. The number of piperidine rings is 3. The van der Waals surface area contributed by atoms with Crippen molar-refractivity contribution in [2.24, 2.45) is 5.92 Å². The third-order valence-corrected chi connectivity index (χ3v) is 6.79. The molecule has 2 aromatic carbocycles. The van der Waals surface area contributed by atoms with Crippen molar-refractivity contribution in [3.63, 3.8) is 0 Å². The summed E-state index contributed by atoms with van der Waals surface area (Å²) in [7, 11) is 0. The molecule has 2 bridgehead atoms. The van der Waals surface area contributed by atoms with Crippen molar-refractivity contribution in [1.82, 2.24) is 10.2 Å². The summed E-state index contributed by atoms with van der Waals surface area (Å²) in [5, 5.41) is 3.03. The van der Waals surface area contributed by atoms with Crippen LogP contribution in [0.15, 0.2) is 42.5 Å². The highest BCUT2D eigenvalue weighted by Gasteiger charge is 2.37. The van der Waals surface area contributed by atoms with Crippen LogP contribution in [0.25, 0.3) is 11.1 Å². The molecule has 1 amide bonds. The number of halogens is 3. The van der Waals surface area contributed by atoms with Crippen LogP contribution in [-0.4, -0.2) is 43.1 Å². The number of fused-ring (bicyclic) bond motifs is 4. The Bertz CT molecular complexity index is 985. The average Bonchev–Trinajstić information content (AvgIpc) is 3.16. The fraction of sp³-hybridized carbons (Fsp3) is 0.458. The maximum Gasteiger partial charge on any atom is 0.573 e. The zero-order chi connectivity index (χ0) is 22.3. The van der Waals surface area contributed by atoms with Crippen molar-refractivity contribution < 1.29 is 27.4 Å². The number of aryl methyl sites for hydroxylation is 1. The summed E-state index contributed by atoms with van der Waals surface area (Å²) in [5.74, 6) is 0.227. The lowest BCUT2D eigenvalue weighted by Crippen LogP contribution is -2.52. The van der Waals surface area contributed by atoms with Gasteiger partial charge < -0.3 is 14.8 Å². The molecule has 0 radical (unpaired) electrons. The highest BCUT2D eigenvalue weighted by atomic mass is 19.4. The second kappa shape index (κ2) is 8.31. The molecule has 3 saturated heterocycles. The predicted octanol–water partition coefficient (Wildman–Crippen LogP) is 5.06. The Hall–Kier alpha value is -2.74. The van der Waals surface area contributed by atoms with Crippen molar-refractivity contribution in [1.29, 1.82) is 0 Å². The molecule has 0 spiro atoms. The average molecular weight is 446 g/mol. The summed E-state index contributed by atoms with van der Waals surface area (Å²) >= 11 is 0. The van der Waals surface area contributed by atoms with Gasteiger partial charge in [0.2, 0.25) is 0 Å². The standard InChI is InChI=1S/C24H25F3N2O3/c25-24(26,27)32-19-5-1-15(2-6-19)17-3-7-20-18(13-17)4-8-21(20)28-23(30)31-22-14-29-11-9-16(22)10-12-29/h1-3,5-7,13,16,21-22H,4,8-12,14H2,(H,28,30)/t21?,22-/m1/s1. The number of amides is 1. The minimum atomic E-state index is -4.70. The van der Waals surface area contributed by atoms with Crippen LogP contribution in [0.4, 0.5) is 18.0 Å². The summed E-state index contributed by atoms with van der Waals surface area (Å²) in [4.78, 5) is 14.9. The third-order valence-electron chi connectivity index (χ3n) is 6.79. The molecule has 5 nitrogen and oxygen atoms in total. The van der Waals surface area contributed by atoms with Crippen molar-refractivity contribution in [2.75, 3.05) is 19.6 Å². The smallest absolute Gasteiger partial charge is 0.445 e. The van der Waals surface area contributed by atoms with Gasteiger partial charge >= 0.3 is 12.5 Å². The number of carbonyl (C=O) groups excluding carboxylic acids is 1. The minimum Gasteiger partial charge on any atom is -0.445 e. The van der Waals surface area contributed by atoms with Gasteiger partial charge in [-0.1, -0.05) is 30.3 Å². The molecule has 8 heteroatoms. The molecule has 2 atom stereocenters. The molecular weight excluding hydrogens is 421 g/mol. The van der Waals surface area contributed by atoms with E-state index in [1.54, 1.807) is 12.1 Å². The topological polar surface area (TPSA) is 50.8 Å². The first-order valence-electron chi connectivity index (χ1n) is 11.0. The van der Waals surface area contributed by atoms with Gasteiger partial charge in [-0.25, -0.2) is 4.79 Å². The second-order valence-corrected chi connectivity index (χ2v) is 8.80. The van der Waals surface area contributed by atoms with E-state index in [9.17, 15) is 18.0 Å². The quantitative estimate of drug-likeness (QED) is 0.713. The molecule has 1 unspecified atom stereocenters. The normalized spacial score (nSPS) is 26.5. The molecule has 1 N–H and O–H groups in total. The van der Waals surface area contributed by atoms with Crippen LogP contribution in [0.1, 0.15) is 36.4 Å². The van der Waals surface area contributed by atoms with Crippen molar-refractivity contribution >= 4 is 6.09 Å². The van der Waals surface area contributed by atoms with E-state index in [1.807, 2.05) is 18.2 Å². The summed E-state index contributed by atoms with van der Waals surface area (Å²) in [6.07, 6.45) is -1.27. The number of alkyl halides is 3. The Morgan fingerprint density at radius 3 is 2.38 bits per heavy atom. The molecule has 3 heterocycles. The van der Waals surface area contributed by atoms with E-state index in [1.165, 1.54) is 12.1 Å². The van der Waals surface area contributed by atoms with Gasteiger partial charge in [0.15, 0.2) is 0 Å². The third kappa shape index (κ3) is 4.55. The number of benzene rings is 2. The summed E-state index contributed by atoms with van der Waals surface area (Å²) in [5.41, 5.74) is 3.92. The maximum atomic E-state index is 12.5. The van der Waals surface area contributed by atoms with Crippen LogP contribution in [0.5, 0.6) is 5.75 Å². The Morgan fingerprint density at radius 1 is 1.00 bits per heavy atom. The van der Waals surface area contributed by atoms with Crippen LogP contribution in [0, 0.1) is 5.92 Å². The van der Waals surface area contributed by atoms with Gasteiger partial charge in [-0.05, 0) is 79.1 Å². The van der Waals surface area contributed by atoms with E-state index < -0.39 is 6.36 Å². The maximum absolute atomic E-state index is 12.5. The molecule has 4 aliphatic rings. The van der Waals surface area contributed by atoms with Crippen LogP contribution < -0.4 is 10.1 Å². The summed E-state index contributed by atoms with van der Waals surface area (Å²) < 4.78 is 46.7. The van der Waals surface area contributed by atoms with Gasteiger partial charge in [-0.3, -0.25) is 4.90 Å². The van der Waals surface area contributed by atoms with Crippen molar-refractivity contribution in [3.05, 3.63) is 53.6 Å². The van der Waals surface area contributed by atoms with E-state index in [0.717, 1.165) is 67.6 Å². The second-order valence-electron chi connectivity index (χ2n) is 8.80. The molecule has 0 aromatic heterocycles. The van der Waals surface area contributed by atoms with Crippen LogP contribution >= 0.6 is 0 Å². The lowest BCUT2D eigenvalue weighted by Gasteiger charge is -2.43. The number of alkyl carbamates (subject to hydrolysis) is 1. The first-order valence-corrected chi connectivity index (χ1v) is 11.0. The zero-order valence-corrected chi connectivity index (χ0v) is 17.5. The lowest BCUT2D eigenvalue weighted by atomic mass is 9.86. The Morgan fingerprint density at radius 2 is 1.72 bits per heavy atom. The zero-order valence-electron chi connectivity index (χ0n) is 17.5. The molecule has 3 fully saturated rings. The fourth-order valence-corrected chi connectivity index (χ4v) is 5.15. The Balaban J connectivity index is 1.22. The molecule has 2 aromatic rings. The number of ether oxygens (including phenoxy) is 2. The molecule has 3 aliphatic heterocycles. The molecule has 170 valence electrons. The number of rotatable bonds is 4. The highest BCUT2D eigenvalue weighted by molar-refractivity contribution is 5.70. The monoisotopic (exact) mass is 446 g/mol. The first kappa shape index (κ1) is 21.1. The van der Waals surface area contributed by atoms with Crippen LogP contribution in [-0.2, 0) is 11.2 Å². The number of nitrogens with one attached hydrogen (secondary N) is 1. The fourth-order valence-electron chi connectivity index (χ4n) is 5.15. The van der Waals surface area contributed by atoms with Crippen LogP contribution in [0.3, 0.4) is 0 Å². The number of carbonyl (C=O) groups is 1. The largest absolute Gasteiger partial charge is 0.573 e. The van der Waals surface area contributed by atoms with Gasteiger partial charge in [-0.15, -0.1) is 13.2 Å². The number of hydrogen-bond acceptors (Lipinski definition) is 4. The molecule has 1 aliphatic carbocycles. The van der Waals surface area contributed by atoms with Crippen LogP contribution in [0.2, 0.25) is 0 Å². The van der Waals surface area contributed by atoms with E-state index >= 15 is 0 Å². The summed E-state index contributed by atoms with van der Waals surface area (Å²) in [6.45, 7) is 3.03. The summed E-state index contributed by atoms with van der Waals surface area (Å²) in [6, 6.07) is 11.7. The van der Waals surface area contributed by atoms with E-state index in [0.29, 0.717) is 5.92 Å². The van der Waals surface area contributed by atoms with E-state index in [-0.39, 0.29) is 24.0 Å². The molecule has 0 saturated carbocycles.